The van der Waals surface area contributed by atoms with E-state index in [1.807, 2.05) is 19.1 Å². The van der Waals surface area contributed by atoms with Crippen LogP contribution >= 0.6 is 0 Å². The molecule has 0 aliphatic heterocycles. The molecule has 0 heterocycles. The second kappa shape index (κ2) is 6.19. The van der Waals surface area contributed by atoms with E-state index in [-0.39, 0.29) is 10.6 Å². The fourth-order valence-electron chi connectivity index (χ4n) is 1.86. The number of nitrogens with zero attached hydrogens (tertiary/aromatic N) is 1. The summed E-state index contributed by atoms with van der Waals surface area (Å²) in [6.07, 6.45) is 3.85. The molecule has 0 saturated carbocycles. The third kappa shape index (κ3) is 3.58. The molecule has 1 unspecified atom stereocenters. The molecule has 0 amide bonds. The number of allylic oxidation sites excluding steroid dienone is 1. The third-order valence-corrected chi connectivity index (χ3v) is 2.95. The van der Waals surface area contributed by atoms with Crippen LogP contribution in [0.3, 0.4) is 0 Å². The van der Waals surface area contributed by atoms with Gasteiger partial charge in [-0.1, -0.05) is 6.08 Å². The number of aryl methyl sites for hydroxylation is 2. The fraction of sp³-hybridized carbons (Fsp3) is 0.429. The van der Waals surface area contributed by atoms with E-state index in [1.165, 1.54) is 0 Å². The van der Waals surface area contributed by atoms with E-state index in [4.69, 9.17) is 0 Å². The lowest BCUT2D eigenvalue weighted by Crippen LogP contribution is -2.15. The van der Waals surface area contributed by atoms with Crippen LogP contribution in [-0.4, -0.2) is 11.0 Å². The van der Waals surface area contributed by atoms with Crippen molar-refractivity contribution < 1.29 is 4.92 Å². The molecule has 1 aromatic carbocycles. The molecule has 1 aromatic rings. The van der Waals surface area contributed by atoms with Gasteiger partial charge >= 0.3 is 0 Å². The number of anilines is 1. The van der Waals surface area contributed by atoms with Crippen LogP contribution in [0.2, 0.25) is 0 Å². The first-order valence-electron chi connectivity index (χ1n) is 6.08. The normalized spacial score (nSPS) is 11.9. The predicted molar refractivity (Wildman–Crippen MR) is 75.1 cm³/mol. The largest absolute Gasteiger partial charge is 0.382 e. The van der Waals surface area contributed by atoms with Gasteiger partial charge in [0.1, 0.15) is 0 Å². The molecule has 0 aromatic heterocycles. The molecule has 0 fully saturated rings. The van der Waals surface area contributed by atoms with Gasteiger partial charge in [0.05, 0.1) is 4.92 Å². The van der Waals surface area contributed by atoms with Crippen molar-refractivity contribution in [1.29, 1.82) is 0 Å². The summed E-state index contributed by atoms with van der Waals surface area (Å²) < 4.78 is 0. The monoisotopic (exact) mass is 248 g/mol. The Morgan fingerprint density at radius 1 is 1.44 bits per heavy atom. The van der Waals surface area contributed by atoms with E-state index >= 15 is 0 Å². The van der Waals surface area contributed by atoms with E-state index in [0.29, 0.717) is 11.6 Å². The van der Waals surface area contributed by atoms with Crippen molar-refractivity contribution in [3.05, 3.63) is 46.0 Å². The van der Waals surface area contributed by atoms with Crippen molar-refractivity contribution in [2.75, 3.05) is 5.32 Å². The Kier molecular flexibility index (Phi) is 4.89. The summed E-state index contributed by atoms with van der Waals surface area (Å²) in [6, 6.07) is 3.79. The summed E-state index contributed by atoms with van der Waals surface area (Å²) >= 11 is 0. The summed E-state index contributed by atoms with van der Waals surface area (Å²) in [4.78, 5) is 10.5. The quantitative estimate of drug-likeness (QED) is 0.470. The van der Waals surface area contributed by atoms with E-state index in [1.54, 1.807) is 13.0 Å². The summed E-state index contributed by atoms with van der Waals surface area (Å²) in [5.74, 6) is 0. The van der Waals surface area contributed by atoms with Gasteiger partial charge in [-0.25, -0.2) is 0 Å². The maximum absolute atomic E-state index is 10.8. The van der Waals surface area contributed by atoms with Gasteiger partial charge in [-0.15, -0.1) is 6.58 Å². The zero-order chi connectivity index (χ0) is 13.7. The molecule has 4 nitrogen and oxygen atoms in total. The van der Waals surface area contributed by atoms with E-state index in [9.17, 15) is 10.1 Å². The van der Waals surface area contributed by atoms with Gasteiger partial charge < -0.3 is 5.32 Å². The van der Waals surface area contributed by atoms with Gasteiger partial charge in [0, 0.05) is 23.4 Å². The van der Waals surface area contributed by atoms with Crippen LogP contribution in [0.4, 0.5) is 11.4 Å². The lowest BCUT2D eigenvalue weighted by Gasteiger charge is -2.17. The van der Waals surface area contributed by atoms with Crippen molar-refractivity contribution >= 4 is 11.4 Å². The fourth-order valence-corrected chi connectivity index (χ4v) is 1.86. The van der Waals surface area contributed by atoms with Gasteiger partial charge in [-0.2, -0.15) is 0 Å². The minimum atomic E-state index is -0.340. The van der Waals surface area contributed by atoms with E-state index in [0.717, 1.165) is 24.1 Å². The van der Waals surface area contributed by atoms with Crippen LogP contribution in [0.25, 0.3) is 0 Å². The van der Waals surface area contributed by atoms with Gasteiger partial charge in [0.2, 0.25) is 0 Å². The smallest absolute Gasteiger partial charge is 0.272 e. The molecule has 0 aliphatic rings. The minimum absolute atomic E-state index is 0.178. The Morgan fingerprint density at radius 2 is 2.11 bits per heavy atom. The number of hydrogen-bond donors (Lipinski definition) is 1. The van der Waals surface area contributed by atoms with E-state index < -0.39 is 0 Å². The first-order chi connectivity index (χ1) is 8.45. The average molecular weight is 248 g/mol. The summed E-state index contributed by atoms with van der Waals surface area (Å²) in [5, 5.41) is 14.2. The molecule has 4 heteroatoms. The van der Waals surface area contributed by atoms with Crippen molar-refractivity contribution in [3.8, 4) is 0 Å². The number of nitro groups is 1. The van der Waals surface area contributed by atoms with Crippen molar-refractivity contribution in [1.82, 2.24) is 0 Å². The SMILES string of the molecule is C=CCCC(C)Nc1cc(C)c([N+](=O)[O-])cc1C. The molecular formula is C14H20N2O2. The average Bonchev–Trinajstić information content (AvgIpc) is 2.30. The maximum Gasteiger partial charge on any atom is 0.272 e. The number of nitrogens with one attached hydrogen (secondary N) is 1. The lowest BCUT2D eigenvalue weighted by atomic mass is 10.1. The number of benzene rings is 1. The van der Waals surface area contributed by atoms with Crippen LogP contribution < -0.4 is 5.32 Å². The second-order valence-electron chi connectivity index (χ2n) is 4.62. The summed E-state index contributed by atoms with van der Waals surface area (Å²) in [7, 11) is 0. The Bertz CT molecular complexity index is 455. The van der Waals surface area contributed by atoms with Crippen LogP contribution in [-0.2, 0) is 0 Å². The highest BCUT2D eigenvalue weighted by atomic mass is 16.6. The highest BCUT2D eigenvalue weighted by molar-refractivity contribution is 5.59. The molecular weight excluding hydrogens is 228 g/mol. The third-order valence-electron chi connectivity index (χ3n) is 2.95. The first kappa shape index (κ1) is 14.2. The van der Waals surface area contributed by atoms with Crippen molar-refractivity contribution in [2.45, 2.75) is 39.7 Å². The summed E-state index contributed by atoms with van der Waals surface area (Å²) in [6.45, 7) is 9.44. The molecule has 0 spiro atoms. The molecule has 18 heavy (non-hydrogen) atoms. The highest BCUT2D eigenvalue weighted by Gasteiger charge is 2.14. The Morgan fingerprint density at radius 3 is 2.67 bits per heavy atom. The van der Waals surface area contributed by atoms with E-state index in [2.05, 4.69) is 18.8 Å². The van der Waals surface area contributed by atoms with Crippen LogP contribution in [0.15, 0.2) is 24.8 Å². The number of rotatable bonds is 6. The highest BCUT2D eigenvalue weighted by Crippen LogP contribution is 2.26. The topological polar surface area (TPSA) is 55.2 Å². The van der Waals surface area contributed by atoms with Crippen molar-refractivity contribution in [2.24, 2.45) is 0 Å². The predicted octanol–water partition coefficient (Wildman–Crippen LogP) is 3.98. The molecule has 1 rings (SSSR count). The van der Waals surface area contributed by atoms with Gasteiger partial charge in [0.25, 0.3) is 5.69 Å². The van der Waals surface area contributed by atoms with Crippen LogP contribution in [0.5, 0.6) is 0 Å². The Labute approximate surface area is 108 Å². The number of hydrogen-bond acceptors (Lipinski definition) is 3. The Balaban J connectivity index is 2.87. The molecule has 1 atom stereocenters. The van der Waals surface area contributed by atoms with Crippen LogP contribution in [0.1, 0.15) is 30.9 Å². The zero-order valence-corrected chi connectivity index (χ0v) is 11.2. The molecule has 98 valence electrons. The summed E-state index contributed by atoms with van der Waals surface area (Å²) in [5.41, 5.74) is 2.73. The first-order valence-corrected chi connectivity index (χ1v) is 6.08. The Hall–Kier alpha value is -1.84. The van der Waals surface area contributed by atoms with Crippen LogP contribution in [0, 0.1) is 24.0 Å². The van der Waals surface area contributed by atoms with Gasteiger partial charge in [-0.05, 0) is 45.2 Å². The molecule has 0 radical (unpaired) electrons. The minimum Gasteiger partial charge on any atom is -0.382 e. The molecule has 0 aliphatic carbocycles. The second-order valence-corrected chi connectivity index (χ2v) is 4.62. The molecule has 0 bridgehead atoms. The maximum atomic E-state index is 10.8. The zero-order valence-electron chi connectivity index (χ0n) is 11.2. The molecule has 0 saturated heterocycles. The van der Waals surface area contributed by atoms with Gasteiger partial charge in [0.15, 0.2) is 0 Å². The van der Waals surface area contributed by atoms with Gasteiger partial charge in [-0.3, -0.25) is 10.1 Å². The lowest BCUT2D eigenvalue weighted by molar-refractivity contribution is -0.385. The van der Waals surface area contributed by atoms with Crippen molar-refractivity contribution in [3.63, 3.8) is 0 Å². The number of nitro benzene ring substituents is 1. The standard InChI is InChI=1S/C14H20N2O2/c1-5-6-7-12(4)15-13-8-11(3)14(16(17)18)9-10(13)2/h5,8-9,12,15H,1,6-7H2,2-4H3. The molecule has 1 N–H and O–H groups in total.